The molecule has 1 fully saturated rings. The first-order valence-electron chi connectivity index (χ1n) is 7.40. The molecule has 2 aromatic heterocycles. The number of likely N-dealkylation sites (N-methyl/N-ethyl adjacent to an activating group) is 1. The summed E-state index contributed by atoms with van der Waals surface area (Å²) in [5.41, 5.74) is 0. The van der Waals surface area contributed by atoms with Gasteiger partial charge in [-0.2, -0.15) is 0 Å². The summed E-state index contributed by atoms with van der Waals surface area (Å²) in [5, 5.41) is 1.89. The van der Waals surface area contributed by atoms with E-state index in [0.717, 1.165) is 21.5 Å². The van der Waals surface area contributed by atoms with Gasteiger partial charge in [-0.3, -0.25) is 9.59 Å². The van der Waals surface area contributed by atoms with Gasteiger partial charge in [0.15, 0.2) is 0 Å². The molecule has 7 heteroatoms. The van der Waals surface area contributed by atoms with Gasteiger partial charge in [-0.25, -0.2) is 0 Å². The second kappa shape index (κ2) is 7.15. The SMILES string of the molecule is CN(Cc1ccc(Br)s1)C(=O)C1CCCN1C(=O)c1cccs1. The fourth-order valence-electron chi connectivity index (χ4n) is 2.81. The van der Waals surface area contributed by atoms with Gasteiger partial charge < -0.3 is 9.80 Å². The average Bonchev–Trinajstić information content (AvgIpc) is 3.27. The molecule has 122 valence electrons. The fraction of sp³-hybridized carbons (Fsp3) is 0.375. The Bertz CT molecular complexity index is 699. The van der Waals surface area contributed by atoms with Crippen molar-refractivity contribution in [2.45, 2.75) is 25.4 Å². The van der Waals surface area contributed by atoms with Crippen molar-refractivity contribution in [2.24, 2.45) is 0 Å². The van der Waals surface area contributed by atoms with Crippen LogP contribution in [0, 0.1) is 0 Å². The number of hydrogen-bond donors (Lipinski definition) is 0. The average molecular weight is 413 g/mol. The molecule has 0 radical (unpaired) electrons. The minimum absolute atomic E-state index is 0.0249. The first kappa shape index (κ1) is 16.7. The summed E-state index contributed by atoms with van der Waals surface area (Å²) in [4.78, 5) is 30.6. The quantitative estimate of drug-likeness (QED) is 0.765. The molecule has 3 rings (SSSR count). The molecule has 1 saturated heterocycles. The number of halogens is 1. The van der Waals surface area contributed by atoms with Crippen LogP contribution in [0.4, 0.5) is 0 Å². The van der Waals surface area contributed by atoms with E-state index in [-0.39, 0.29) is 17.9 Å². The molecule has 2 aromatic rings. The van der Waals surface area contributed by atoms with Gasteiger partial charge in [0.1, 0.15) is 6.04 Å². The predicted molar refractivity (Wildman–Crippen MR) is 96.9 cm³/mol. The van der Waals surface area contributed by atoms with Crippen molar-refractivity contribution in [1.29, 1.82) is 0 Å². The van der Waals surface area contributed by atoms with Crippen molar-refractivity contribution in [2.75, 3.05) is 13.6 Å². The van der Waals surface area contributed by atoms with Crippen LogP contribution in [0.25, 0.3) is 0 Å². The molecule has 1 aliphatic rings. The van der Waals surface area contributed by atoms with Crippen molar-refractivity contribution >= 4 is 50.4 Å². The number of carbonyl (C=O) groups excluding carboxylic acids is 2. The molecule has 0 bridgehead atoms. The number of carbonyl (C=O) groups is 2. The van der Waals surface area contributed by atoms with Gasteiger partial charge in [-0.1, -0.05) is 6.07 Å². The van der Waals surface area contributed by atoms with E-state index in [9.17, 15) is 9.59 Å². The molecule has 23 heavy (non-hydrogen) atoms. The molecule has 4 nitrogen and oxygen atoms in total. The second-order valence-electron chi connectivity index (χ2n) is 5.53. The number of thiophene rings is 2. The standard InChI is InChI=1S/C16H17BrN2O2S2/c1-18(10-11-6-7-14(17)23-11)15(20)12-4-2-8-19(12)16(21)13-5-3-9-22-13/h3,5-7,9,12H,2,4,8,10H2,1H3. The monoisotopic (exact) mass is 412 g/mol. The Morgan fingerprint density at radius 3 is 2.87 bits per heavy atom. The third-order valence-electron chi connectivity index (χ3n) is 3.93. The van der Waals surface area contributed by atoms with E-state index < -0.39 is 0 Å². The summed E-state index contributed by atoms with van der Waals surface area (Å²) in [6.45, 7) is 1.23. The second-order valence-corrected chi connectivity index (χ2v) is 9.03. The maximum atomic E-state index is 12.8. The summed E-state index contributed by atoms with van der Waals surface area (Å²) >= 11 is 6.49. The molecule has 1 unspecified atom stereocenters. The number of hydrogen-bond acceptors (Lipinski definition) is 4. The Hall–Kier alpha value is -1.18. The highest BCUT2D eigenvalue weighted by Gasteiger charge is 2.36. The van der Waals surface area contributed by atoms with Crippen LogP contribution in [0.2, 0.25) is 0 Å². The predicted octanol–water partition coefficient (Wildman–Crippen LogP) is 3.84. The fourth-order valence-corrected chi connectivity index (χ4v) is 5.03. The normalized spacial score (nSPS) is 17.5. The zero-order valence-corrected chi connectivity index (χ0v) is 15.9. The lowest BCUT2D eigenvalue weighted by atomic mass is 10.2. The highest BCUT2D eigenvalue weighted by atomic mass is 79.9. The maximum Gasteiger partial charge on any atom is 0.264 e. The lowest BCUT2D eigenvalue weighted by Gasteiger charge is -2.27. The molecule has 0 aromatic carbocycles. The van der Waals surface area contributed by atoms with Gasteiger partial charge in [0.05, 0.1) is 15.2 Å². The zero-order chi connectivity index (χ0) is 16.4. The Morgan fingerprint density at radius 1 is 1.39 bits per heavy atom. The van der Waals surface area contributed by atoms with E-state index in [2.05, 4.69) is 15.9 Å². The molecular weight excluding hydrogens is 396 g/mol. The molecule has 1 atom stereocenters. The van der Waals surface area contributed by atoms with Crippen LogP contribution in [0.15, 0.2) is 33.4 Å². The van der Waals surface area contributed by atoms with Gasteiger partial charge in [0, 0.05) is 18.5 Å². The Morgan fingerprint density at radius 2 is 2.22 bits per heavy atom. The van der Waals surface area contributed by atoms with Gasteiger partial charge in [-0.15, -0.1) is 22.7 Å². The van der Waals surface area contributed by atoms with Crippen molar-refractivity contribution < 1.29 is 9.59 Å². The van der Waals surface area contributed by atoms with Gasteiger partial charge in [0.2, 0.25) is 5.91 Å². The smallest absolute Gasteiger partial charge is 0.264 e. The minimum atomic E-state index is -0.335. The first-order valence-corrected chi connectivity index (χ1v) is 9.89. The summed E-state index contributed by atoms with van der Waals surface area (Å²) in [6.07, 6.45) is 1.63. The Labute approximate surface area is 151 Å². The third-order valence-corrected chi connectivity index (χ3v) is 6.40. The highest BCUT2D eigenvalue weighted by Crippen LogP contribution is 2.26. The topological polar surface area (TPSA) is 40.6 Å². The maximum absolute atomic E-state index is 12.8. The van der Waals surface area contributed by atoms with Crippen LogP contribution in [0.1, 0.15) is 27.4 Å². The molecule has 0 saturated carbocycles. The molecule has 1 aliphatic heterocycles. The Kier molecular flexibility index (Phi) is 5.18. The largest absolute Gasteiger partial charge is 0.339 e. The van der Waals surface area contributed by atoms with E-state index in [1.807, 2.05) is 36.7 Å². The number of nitrogens with zero attached hydrogens (tertiary/aromatic N) is 2. The number of rotatable bonds is 4. The van der Waals surface area contributed by atoms with Gasteiger partial charge in [-0.05, 0) is 52.4 Å². The van der Waals surface area contributed by atoms with Crippen molar-refractivity contribution in [3.05, 3.63) is 43.2 Å². The summed E-state index contributed by atoms with van der Waals surface area (Å²) in [7, 11) is 1.81. The highest BCUT2D eigenvalue weighted by molar-refractivity contribution is 9.11. The van der Waals surface area contributed by atoms with E-state index in [4.69, 9.17) is 0 Å². The summed E-state index contributed by atoms with van der Waals surface area (Å²) in [6, 6.07) is 7.35. The van der Waals surface area contributed by atoms with Crippen molar-refractivity contribution in [1.82, 2.24) is 9.80 Å². The lowest BCUT2D eigenvalue weighted by molar-refractivity contribution is -0.134. The van der Waals surface area contributed by atoms with Crippen LogP contribution >= 0.6 is 38.6 Å². The third kappa shape index (κ3) is 3.67. The van der Waals surface area contributed by atoms with E-state index in [0.29, 0.717) is 18.0 Å². The van der Waals surface area contributed by atoms with Crippen LogP contribution in [0.3, 0.4) is 0 Å². The molecule has 3 heterocycles. The molecule has 0 N–H and O–H groups in total. The van der Waals surface area contributed by atoms with Crippen molar-refractivity contribution in [3.63, 3.8) is 0 Å². The van der Waals surface area contributed by atoms with Crippen LogP contribution in [-0.4, -0.2) is 41.2 Å². The van der Waals surface area contributed by atoms with Crippen LogP contribution in [0.5, 0.6) is 0 Å². The van der Waals surface area contributed by atoms with E-state index in [1.165, 1.54) is 11.3 Å². The van der Waals surface area contributed by atoms with Crippen LogP contribution in [-0.2, 0) is 11.3 Å². The summed E-state index contributed by atoms with van der Waals surface area (Å²) < 4.78 is 1.06. The summed E-state index contributed by atoms with van der Waals surface area (Å²) in [5.74, 6) is 0.0000432. The Balaban J connectivity index is 1.69. The first-order chi connectivity index (χ1) is 11.1. The van der Waals surface area contributed by atoms with Gasteiger partial charge >= 0.3 is 0 Å². The lowest BCUT2D eigenvalue weighted by Crippen LogP contribution is -2.46. The number of likely N-dealkylation sites (tertiary alicyclic amines) is 1. The molecule has 0 aliphatic carbocycles. The zero-order valence-electron chi connectivity index (χ0n) is 12.7. The van der Waals surface area contributed by atoms with E-state index >= 15 is 0 Å². The molecule has 0 spiro atoms. The minimum Gasteiger partial charge on any atom is -0.339 e. The van der Waals surface area contributed by atoms with E-state index in [1.54, 1.807) is 21.1 Å². The number of amides is 2. The molecular formula is C16H17BrN2O2S2. The van der Waals surface area contributed by atoms with Gasteiger partial charge in [0.25, 0.3) is 5.91 Å². The van der Waals surface area contributed by atoms with Crippen LogP contribution < -0.4 is 0 Å². The molecule has 2 amide bonds. The van der Waals surface area contributed by atoms with Crippen molar-refractivity contribution in [3.8, 4) is 0 Å².